The lowest BCUT2D eigenvalue weighted by atomic mass is 10.2. The predicted molar refractivity (Wildman–Crippen MR) is 82.8 cm³/mol. The second-order valence-electron chi connectivity index (χ2n) is 4.63. The van der Waals surface area contributed by atoms with Gasteiger partial charge in [-0.2, -0.15) is 0 Å². The van der Waals surface area contributed by atoms with Crippen molar-refractivity contribution in [3.63, 3.8) is 0 Å². The number of rotatable bonds is 2. The minimum Gasteiger partial charge on any atom is -0.310 e. The first-order chi connectivity index (χ1) is 9.88. The lowest BCUT2D eigenvalue weighted by Crippen LogP contribution is -2.27. The molecule has 0 radical (unpaired) electrons. The highest BCUT2D eigenvalue weighted by atomic mass is 79.9. The highest BCUT2D eigenvalue weighted by Gasteiger charge is 2.38. The number of benzene rings is 1. The topological polar surface area (TPSA) is 80.2 Å². The molecule has 110 valence electrons. The van der Waals surface area contributed by atoms with E-state index in [0.29, 0.717) is 21.2 Å². The monoisotopic (exact) mass is 389 g/mol. The molecule has 0 bridgehead atoms. The van der Waals surface area contributed by atoms with E-state index in [-0.39, 0.29) is 18.9 Å². The molecule has 1 fully saturated rings. The Morgan fingerprint density at radius 1 is 1.29 bits per heavy atom. The Morgan fingerprint density at radius 2 is 2.00 bits per heavy atom. The van der Waals surface area contributed by atoms with Crippen molar-refractivity contribution < 1.29 is 13.2 Å². The van der Waals surface area contributed by atoms with E-state index in [0.717, 1.165) is 0 Å². The number of carbonyl (C=O) groups is 1. The van der Waals surface area contributed by atoms with Crippen LogP contribution in [0.15, 0.2) is 29.0 Å². The van der Waals surface area contributed by atoms with Crippen molar-refractivity contribution in [2.45, 2.75) is 11.7 Å². The third-order valence-electron chi connectivity index (χ3n) is 3.34. The molecule has 0 aliphatic carbocycles. The molecule has 1 aliphatic heterocycles. The molecule has 1 unspecified atom stereocenters. The van der Waals surface area contributed by atoms with Gasteiger partial charge in [0.1, 0.15) is 10.8 Å². The van der Waals surface area contributed by atoms with Gasteiger partial charge in [0.25, 0.3) is 0 Å². The van der Waals surface area contributed by atoms with Crippen LogP contribution in [0.25, 0.3) is 11.0 Å². The molecule has 9 heteroatoms. The molecule has 1 atom stereocenters. The summed E-state index contributed by atoms with van der Waals surface area (Å²) in [4.78, 5) is 21.9. The van der Waals surface area contributed by atoms with Crippen LogP contribution in [-0.2, 0) is 13.8 Å². The Balaban J connectivity index is 2.05. The van der Waals surface area contributed by atoms with Crippen molar-refractivity contribution in [2.75, 3.05) is 11.4 Å². The van der Waals surface area contributed by atoms with Crippen molar-refractivity contribution in [1.82, 2.24) is 9.97 Å². The Labute approximate surface area is 133 Å². The summed E-state index contributed by atoms with van der Waals surface area (Å²) >= 11 is 3.41. The molecule has 0 spiro atoms. The van der Waals surface area contributed by atoms with Gasteiger partial charge in [-0.25, -0.2) is 8.42 Å². The van der Waals surface area contributed by atoms with Gasteiger partial charge < -0.3 is 4.90 Å². The summed E-state index contributed by atoms with van der Waals surface area (Å²) in [5.41, 5.74) is 1.86. The minimum absolute atomic E-state index is 0.0367. The van der Waals surface area contributed by atoms with Gasteiger partial charge in [-0.15, -0.1) is 0 Å². The average molecular weight is 391 g/mol. The lowest BCUT2D eigenvalue weighted by Gasteiger charge is -2.18. The third kappa shape index (κ3) is 2.63. The highest BCUT2D eigenvalue weighted by molar-refractivity contribution is 9.10. The van der Waals surface area contributed by atoms with Crippen LogP contribution >= 0.6 is 26.6 Å². The van der Waals surface area contributed by atoms with E-state index in [9.17, 15) is 13.2 Å². The normalized spacial score (nSPS) is 19.4. The van der Waals surface area contributed by atoms with E-state index in [1.165, 1.54) is 4.90 Å². The summed E-state index contributed by atoms with van der Waals surface area (Å²) in [6, 6.07) is 3.44. The zero-order chi connectivity index (χ0) is 15.2. The lowest BCUT2D eigenvalue weighted by molar-refractivity contribution is -0.117. The van der Waals surface area contributed by atoms with Crippen LogP contribution in [-0.4, -0.2) is 36.1 Å². The summed E-state index contributed by atoms with van der Waals surface area (Å²) in [6.45, 7) is 0.0367. The largest absolute Gasteiger partial charge is 0.310 e. The fourth-order valence-corrected chi connectivity index (χ4v) is 3.98. The Morgan fingerprint density at radius 3 is 2.67 bits per heavy atom. The molecule has 0 saturated carbocycles. The van der Waals surface area contributed by atoms with Crippen LogP contribution in [0.2, 0.25) is 0 Å². The maximum atomic E-state index is 12.1. The summed E-state index contributed by atoms with van der Waals surface area (Å²) in [5, 5.41) is -0.892. The number of anilines is 1. The molecule has 3 rings (SSSR count). The van der Waals surface area contributed by atoms with Crippen molar-refractivity contribution in [2.24, 2.45) is 0 Å². The summed E-state index contributed by atoms with van der Waals surface area (Å²) in [7, 11) is 1.59. The quantitative estimate of drug-likeness (QED) is 0.733. The Bertz CT molecular complexity index is 843. The van der Waals surface area contributed by atoms with E-state index in [1.54, 1.807) is 24.5 Å². The molecule has 21 heavy (non-hydrogen) atoms. The number of hydrogen-bond donors (Lipinski definition) is 0. The van der Waals surface area contributed by atoms with Gasteiger partial charge in [-0.3, -0.25) is 14.8 Å². The van der Waals surface area contributed by atoms with Crippen molar-refractivity contribution in [3.8, 4) is 0 Å². The number of halogens is 2. The summed E-state index contributed by atoms with van der Waals surface area (Å²) < 4.78 is 23.4. The van der Waals surface area contributed by atoms with Gasteiger partial charge in [0.05, 0.1) is 15.7 Å². The standard InChI is InChI=1S/C12H9BrClN3O3S/c13-11-9(2-1-8-12(11)16-4-3-15-8)17-6-7(5-10(17)18)21(14,19)20/h1-4,7H,5-6H2. The smallest absolute Gasteiger partial charge is 0.237 e. The molecular formula is C12H9BrClN3O3S. The average Bonchev–Trinajstić information content (AvgIpc) is 2.82. The van der Waals surface area contributed by atoms with Gasteiger partial charge in [-0.1, -0.05) is 0 Å². The summed E-state index contributed by atoms with van der Waals surface area (Å²) in [5.74, 6) is -0.284. The Hall–Kier alpha value is -1.25. The second kappa shape index (κ2) is 5.19. The summed E-state index contributed by atoms with van der Waals surface area (Å²) in [6.07, 6.45) is 3.01. The zero-order valence-corrected chi connectivity index (χ0v) is 13.7. The van der Waals surface area contributed by atoms with E-state index >= 15 is 0 Å². The molecule has 1 aromatic heterocycles. The number of amides is 1. The third-order valence-corrected chi connectivity index (χ3v) is 5.99. The number of hydrogen-bond acceptors (Lipinski definition) is 5. The van der Waals surface area contributed by atoms with E-state index in [4.69, 9.17) is 10.7 Å². The molecular weight excluding hydrogens is 382 g/mol. The minimum atomic E-state index is -3.77. The molecule has 0 N–H and O–H groups in total. The van der Waals surface area contributed by atoms with Crippen molar-refractivity contribution in [3.05, 3.63) is 29.0 Å². The molecule has 2 heterocycles. The number of fused-ring (bicyclic) bond motifs is 1. The highest BCUT2D eigenvalue weighted by Crippen LogP contribution is 2.35. The molecule has 2 aromatic rings. The fraction of sp³-hybridized carbons (Fsp3) is 0.250. The van der Waals surface area contributed by atoms with E-state index in [1.807, 2.05) is 0 Å². The van der Waals surface area contributed by atoms with E-state index < -0.39 is 14.3 Å². The maximum absolute atomic E-state index is 12.1. The van der Waals surface area contributed by atoms with Gasteiger partial charge in [0, 0.05) is 36.0 Å². The molecule has 1 aliphatic rings. The van der Waals surface area contributed by atoms with Crippen LogP contribution in [0.1, 0.15) is 6.42 Å². The van der Waals surface area contributed by atoms with Crippen LogP contribution in [0.3, 0.4) is 0 Å². The Kier molecular flexibility index (Phi) is 3.62. The van der Waals surface area contributed by atoms with Crippen LogP contribution in [0.5, 0.6) is 0 Å². The van der Waals surface area contributed by atoms with Gasteiger partial charge in [0.2, 0.25) is 15.0 Å². The molecule has 1 amide bonds. The number of aromatic nitrogens is 2. The first kappa shape index (κ1) is 14.7. The van der Waals surface area contributed by atoms with Crippen LogP contribution < -0.4 is 4.90 Å². The van der Waals surface area contributed by atoms with E-state index in [2.05, 4.69) is 25.9 Å². The molecule has 1 saturated heterocycles. The van der Waals surface area contributed by atoms with Crippen molar-refractivity contribution >= 4 is 58.3 Å². The fourth-order valence-electron chi connectivity index (χ4n) is 2.30. The van der Waals surface area contributed by atoms with Crippen LogP contribution in [0.4, 0.5) is 5.69 Å². The molecule has 6 nitrogen and oxygen atoms in total. The van der Waals surface area contributed by atoms with Crippen LogP contribution in [0, 0.1) is 0 Å². The number of nitrogens with zero attached hydrogens (tertiary/aromatic N) is 3. The predicted octanol–water partition coefficient (Wildman–Crippen LogP) is 2.07. The molecule has 1 aromatic carbocycles. The first-order valence-corrected chi connectivity index (χ1v) is 9.17. The maximum Gasteiger partial charge on any atom is 0.237 e. The SMILES string of the molecule is O=C1CC(S(=O)(=O)Cl)CN1c1ccc2nccnc2c1Br. The zero-order valence-electron chi connectivity index (χ0n) is 10.5. The van der Waals surface area contributed by atoms with Crippen molar-refractivity contribution in [1.29, 1.82) is 0 Å². The van der Waals surface area contributed by atoms with Gasteiger partial charge in [0.15, 0.2) is 0 Å². The van der Waals surface area contributed by atoms with Gasteiger partial charge >= 0.3 is 0 Å². The van der Waals surface area contributed by atoms with Gasteiger partial charge in [-0.05, 0) is 28.1 Å². The second-order valence-corrected chi connectivity index (χ2v) is 8.33. The number of carbonyl (C=O) groups excluding carboxylic acids is 1. The first-order valence-electron chi connectivity index (χ1n) is 6.01.